The van der Waals surface area contributed by atoms with Gasteiger partial charge in [0.05, 0.1) is 6.10 Å². The van der Waals surface area contributed by atoms with Crippen molar-refractivity contribution < 1.29 is 13.5 Å². The summed E-state index contributed by atoms with van der Waals surface area (Å²) in [4.78, 5) is 7.93. The van der Waals surface area contributed by atoms with Crippen LogP contribution < -0.4 is 15.8 Å². The van der Waals surface area contributed by atoms with Gasteiger partial charge in [-0.3, -0.25) is 0 Å². The van der Waals surface area contributed by atoms with Crippen LogP contribution in [0.2, 0.25) is 0 Å². The average Bonchev–Trinajstić information content (AvgIpc) is 2.41. The van der Waals surface area contributed by atoms with Gasteiger partial charge in [0, 0.05) is 18.2 Å². The van der Waals surface area contributed by atoms with Gasteiger partial charge in [-0.15, -0.1) is 0 Å². The summed E-state index contributed by atoms with van der Waals surface area (Å²) in [5.74, 6) is -0.648. The van der Waals surface area contributed by atoms with Gasteiger partial charge < -0.3 is 15.8 Å². The molecule has 5 nitrogen and oxygen atoms in total. The summed E-state index contributed by atoms with van der Waals surface area (Å²) in [6, 6.07) is 3.38. The largest absolute Gasteiger partial charge is 0.473 e. The third-order valence-corrected chi connectivity index (χ3v) is 2.66. The molecule has 0 unspecified atom stereocenters. The molecule has 0 fully saturated rings. The molecule has 0 saturated carbocycles. The van der Waals surface area contributed by atoms with E-state index in [-0.39, 0.29) is 24.2 Å². The molecule has 1 heterocycles. The van der Waals surface area contributed by atoms with Crippen molar-refractivity contribution in [2.75, 3.05) is 11.1 Å². The molecule has 1 aromatic heterocycles. The number of nitrogen functional groups attached to an aromatic ring is 1. The second kappa shape index (κ2) is 6.34. The van der Waals surface area contributed by atoms with Crippen molar-refractivity contribution in [2.45, 2.75) is 26.5 Å². The molecule has 21 heavy (non-hydrogen) atoms. The zero-order valence-corrected chi connectivity index (χ0v) is 11.7. The monoisotopic (exact) mass is 294 g/mol. The van der Waals surface area contributed by atoms with Crippen LogP contribution in [-0.4, -0.2) is 16.1 Å². The maximum absolute atomic E-state index is 13.5. The number of nitrogens with zero attached hydrogens (tertiary/aromatic N) is 2. The lowest BCUT2D eigenvalue weighted by Gasteiger charge is -2.13. The smallest absolute Gasteiger partial charge is 0.242 e. The van der Waals surface area contributed by atoms with Crippen LogP contribution in [0.4, 0.5) is 20.3 Å². The van der Waals surface area contributed by atoms with E-state index in [1.807, 2.05) is 13.8 Å². The van der Waals surface area contributed by atoms with E-state index >= 15 is 0 Å². The lowest BCUT2D eigenvalue weighted by atomic mass is 10.2. The predicted molar refractivity (Wildman–Crippen MR) is 75.9 cm³/mol. The Hall–Kier alpha value is -2.44. The highest BCUT2D eigenvalue weighted by molar-refractivity contribution is 5.66. The Morgan fingerprint density at radius 1 is 1.29 bits per heavy atom. The topological polar surface area (TPSA) is 73.1 Å². The first-order valence-corrected chi connectivity index (χ1v) is 6.42. The molecule has 2 aromatic rings. The van der Waals surface area contributed by atoms with E-state index in [1.165, 1.54) is 18.5 Å². The summed E-state index contributed by atoms with van der Waals surface area (Å²) in [5, 5.41) is 2.88. The molecule has 0 aliphatic rings. The van der Waals surface area contributed by atoms with Crippen molar-refractivity contribution in [3.8, 4) is 5.88 Å². The minimum Gasteiger partial charge on any atom is -0.473 e. The average molecular weight is 294 g/mol. The molecule has 0 radical (unpaired) electrons. The summed E-state index contributed by atoms with van der Waals surface area (Å²) < 4.78 is 31.8. The minimum atomic E-state index is -0.631. The SMILES string of the molecule is CC(C)Oc1ncnc(NCc2ccc(F)cc2F)c1N. The van der Waals surface area contributed by atoms with Gasteiger partial charge in [0.2, 0.25) is 5.88 Å². The molecule has 0 aliphatic heterocycles. The van der Waals surface area contributed by atoms with Crippen molar-refractivity contribution in [3.05, 3.63) is 41.7 Å². The number of anilines is 2. The summed E-state index contributed by atoms with van der Waals surface area (Å²) in [7, 11) is 0. The first-order valence-electron chi connectivity index (χ1n) is 6.42. The van der Waals surface area contributed by atoms with Crippen LogP contribution in [0.3, 0.4) is 0 Å². The van der Waals surface area contributed by atoms with E-state index in [0.29, 0.717) is 11.4 Å². The zero-order chi connectivity index (χ0) is 15.4. The summed E-state index contributed by atoms with van der Waals surface area (Å²) >= 11 is 0. The third kappa shape index (κ3) is 3.77. The van der Waals surface area contributed by atoms with Crippen molar-refractivity contribution in [1.82, 2.24) is 9.97 Å². The van der Waals surface area contributed by atoms with E-state index in [0.717, 1.165) is 6.07 Å². The van der Waals surface area contributed by atoms with E-state index in [4.69, 9.17) is 10.5 Å². The van der Waals surface area contributed by atoms with Crippen LogP contribution in [0.15, 0.2) is 24.5 Å². The van der Waals surface area contributed by atoms with Crippen LogP contribution in [-0.2, 0) is 6.54 Å². The molecule has 2 rings (SSSR count). The van der Waals surface area contributed by atoms with Crippen molar-refractivity contribution in [2.24, 2.45) is 0 Å². The maximum Gasteiger partial charge on any atom is 0.242 e. The number of benzene rings is 1. The number of ether oxygens (including phenoxy) is 1. The van der Waals surface area contributed by atoms with E-state index in [9.17, 15) is 8.78 Å². The van der Waals surface area contributed by atoms with Gasteiger partial charge in [0.1, 0.15) is 23.6 Å². The highest BCUT2D eigenvalue weighted by Gasteiger charge is 2.11. The summed E-state index contributed by atoms with van der Waals surface area (Å²) in [5.41, 5.74) is 6.44. The number of nitrogens with two attached hydrogens (primary N) is 1. The molecular formula is C14H16F2N4O. The van der Waals surface area contributed by atoms with Crippen LogP contribution in [0.1, 0.15) is 19.4 Å². The standard InChI is InChI=1S/C14H16F2N4O/c1-8(2)21-14-12(17)13(19-7-20-14)18-6-9-3-4-10(15)5-11(9)16/h3-5,7-8H,6,17H2,1-2H3,(H,18,19,20). The second-order valence-corrected chi connectivity index (χ2v) is 4.70. The Balaban J connectivity index is 2.13. The van der Waals surface area contributed by atoms with Crippen molar-refractivity contribution in [1.29, 1.82) is 0 Å². The Kier molecular flexibility index (Phi) is 4.52. The van der Waals surface area contributed by atoms with E-state index < -0.39 is 11.6 Å². The van der Waals surface area contributed by atoms with Crippen molar-refractivity contribution in [3.63, 3.8) is 0 Å². The molecule has 1 aromatic carbocycles. The van der Waals surface area contributed by atoms with Crippen LogP contribution in [0.5, 0.6) is 5.88 Å². The highest BCUT2D eigenvalue weighted by Crippen LogP contribution is 2.26. The molecular weight excluding hydrogens is 278 g/mol. The predicted octanol–water partition coefficient (Wildman–Crippen LogP) is 2.74. The number of rotatable bonds is 5. The number of hydrogen-bond donors (Lipinski definition) is 2. The fourth-order valence-electron chi connectivity index (χ4n) is 1.68. The highest BCUT2D eigenvalue weighted by atomic mass is 19.1. The second-order valence-electron chi connectivity index (χ2n) is 4.70. The van der Waals surface area contributed by atoms with Gasteiger partial charge in [-0.25, -0.2) is 13.8 Å². The Bertz CT molecular complexity index is 634. The minimum absolute atomic E-state index is 0.0791. The molecule has 112 valence electrons. The molecule has 0 bridgehead atoms. The fourth-order valence-corrected chi connectivity index (χ4v) is 1.68. The molecule has 3 N–H and O–H groups in total. The van der Waals surface area contributed by atoms with Crippen LogP contribution in [0, 0.1) is 11.6 Å². The lowest BCUT2D eigenvalue weighted by molar-refractivity contribution is 0.234. The Morgan fingerprint density at radius 2 is 2.05 bits per heavy atom. The molecule has 0 aliphatic carbocycles. The summed E-state index contributed by atoms with van der Waals surface area (Å²) in [6.45, 7) is 3.82. The molecule has 0 spiro atoms. The first-order chi connectivity index (χ1) is 9.97. The van der Waals surface area contributed by atoms with E-state index in [1.54, 1.807) is 0 Å². The van der Waals surface area contributed by atoms with Gasteiger partial charge in [-0.05, 0) is 19.9 Å². The first kappa shape index (κ1) is 15.0. The van der Waals surface area contributed by atoms with Gasteiger partial charge in [-0.1, -0.05) is 6.07 Å². The fraction of sp³-hybridized carbons (Fsp3) is 0.286. The molecule has 0 amide bonds. The lowest BCUT2D eigenvalue weighted by Crippen LogP contribution is -2.12. The number of hydrogen-bond acceptors (Lipinski definition) is 5. The van der Waals surface area contributed by atoms with Gasteiger partial charge in [0.25, 0.3) is 0 Å². The number of nitrogens with one attached hydrogen (secondary N) is 1. The molecule has 0 saturated heterocycles. The number of halogens is 2. The van der Waals surface area contributed by atoms with Gasteiger partial charge in [0.15, 0.2) is 5.82 Å². The van der Waals surface area contributed by atoms with E-state index in [2.05, 4.69) is 15.3 Å². The molecule has 0 atom stereocenters. The third-order valence-electron chi connectivity index (χ3n) is 2.66. The number of aromatic nitrogens is 2. The van der Waals surface area contributed by atoms with Gasteiger partial charge >= 0.3 is 0 Å². The normalized spacial score (nSPS) is 10.7. The zero-order valence-electron chi connectivity index (χ0n) is 11.7. The van der Waals surface area contributed by atoms with Crippen LogP contribution in [0.25, 0.3) is 0 Å². The summed E-state index contributed by atoms with van der Waals surface area (Å²) in [6.07, 6.45) is 1.22. The van der Waals surface area contributed by atoms with Crippen molar-refractivity contribution >= 4 is 11.5 Å². The Labute approximate surface area is 121 Å². The van der Waals surface area contributed by atoms with Gasteiger partial charge in [-0.2, -0.15) is 4.98 Å². The Morgan fingerprint density at radius 3 is 2.71 bits per heavy atom. The van der Waals surface area contributed by atoms with Crippen LogP contribution >= 0.6 is 0 Å². The molecule has 7 heteroatoms. The maximum atomic E-state index is 13.5. The quantitative estimate of drug-likeness (QED) is 0.887.